The molecule has 0 bridgehead atoms. The Balaban J connectivity index is 2.98. The van der Waals surface area contributed by atoms with Crippen molar-refractivity contribution in [3.8, 4) is 5.75 Å². The van der Waals surface area contributed by atoms with Crippen molar-refractivity contribution in [1.29, 1.82) is 0 Å². The third kappa shape index (κ3) is 3.86. The molecule has 3 heteroatoms. The molecule has 0 heterocycles. The lowest BCUT2D eigenvalue weighted by atomic mass is 9.96. The largest absolute Gasteiger partial charge is 0.496 e. The number of methoxy groups -OCH3 is 1. The van der Waals surface area contributed by atoms with Gasteiger partial charge in [0, 0.05) is 0 Å². The summed E-state index contributed by atoms with van der Waals surface area (Å²) >= 11 is 0. The standard InChI is InChI=1S/C15H23NO2/c1-11(2)14-10-13(7-5-6-8-18-16)12(3)9-15(14)17-4/h5,7,9-11H,6,8,16H2,1-4H3/b7-5+. The van der Waals surface area contributed by atoms with Crippen LogP contribution in [0.5, 0.6) is 5.75 Å². The first-order valence-corrected chi connectivity index (χ1v) is 6.27. The maximum absolute atomic E-state index is 5.42. The van der Waals surface area contributed by atoms with Crippen LogP contribution in [0, 0.1) is 6.92 Å². The molecule has 0 spiro atoms. The Labute approximate surface area is 110 Å². The zero-order valence-corrected chi connectivity index (χ0v) is 11.7. The van der Waals surface area contributed by atoms with Gasteiger partial charge in [0.1, 0.15) is 5.75 Å². The van der Waals surface area contributed by atoms with Crippen LogP contribution in [0.2, 0.25) is 0 Å². The number of hydrogen-bond donors (Lipinski definition) is 1. The Bertz CT molecular complexity index is 411. The molecule has 0 atom stereocenters. The van der Waals surface area contributed by atoms with E-state index in [1.165, 1.54) is 16.7 Å². The lowest BCUT2D eigenvalue weighted by Gasteiger charge is -2.14. The topological polar surface area (TPSA) is 44.5 Å². The zero-order valence-electron chi connectivity index (χ0n) is 11.7. The second kappa shape index (κ2) is 7.19. The minimum atomic E-state index is 0.445. The highest BCUT2D eigenvalue weighted by Gasteiger charge is 2.09. The first-order chi connectivity index (χ1) is 8.60. The molecule has 0 aliphatic carbocycles. The minimum Gasteiger partial charge on any atom is -0.496 e. The molecule has 0 aromatic heterocycles. The van der Waals surface area contributed by atoms with E-state index < -0.39 is 0 Å². The van der Waals surface area contributed by atoms with Crippen LogP contribution < -0.4 is 10.6 Å². The molecule has 2 N–H and O–H groups in total. The number of aryl methyl sites for hydroxylation is 1. The Hall–Kier alpha value is -1.32. The molecule has 0 aliphatic rings. The number of benzene rings is 1. The van der Waals surface area contributed by atoms with E-state index in [0.717, 1.165) is 12.2 Å². The maximum Gasteiger partial charge on any atom is 0.122 e. The second-order valence-corrected chi connectivity index (χ2v) is 4.67. The fourth-order valence-corrected chi connectivity index (χ4v) is 1.87. The number of hydrogen-bond acceptors (Lipinski definition) is 3. The van der Waals surface area contributed by atoms with Gasteiger partial charge in [0.05, 0.1) is 13.7 Å². The highest BCUT2D eigenvalue weighted by molar-refractivity contribution is 5.58. The number of rotatable bonds is 6. The summed E-state index contributed by atoms with van der Waals surface area (Å²) in [5.41, 5.74) is 3.66. The molecule has 0 saturated carbocycles. The van der Waals surface area contributed by atoms with Gasteiger partial charge in [0.2, 0.25) is 0 Å². The lowest BCUT2D eigenvalue weighted by molar-refractivity contribution is 0.143. The highest BCUT2D eigenvalue weighted by atomic mass is 16.6. The van der Waals surface area contributed by atoms with Crippen molar-refractivity contribution in [2.45, 2.75) is 33.1 Å². The first-order valence-electron chi connectivity index (χ1n) is 6.27. The smallest absolute Gasteiger partial charge is 0.122 e. The van der Waals surface area contributed by atoms with Crippen LogP contribution in [0.15, 0.2) is 18.2 Å². The van der Waals surface area contributed by atoms with E-state index in [1.54, 1.807) is 7.11 Å². The maximum atomic E-state index is 5.42. The van der Waals surface area contributed by atoms with Crippen LogP contribution in [0.1, 0.15) is 42.9 Å². The third-order valence-electron chi connectivity index (χ3n) is 2.94. The van der Waals surface area contributed by atoms with Gasteiger partial charge < -0.3 is 9.57 Å². The molecule has 0 unspecified atom stereocenters. The van der Waals surface area contributed by atoms with Crippen molar-refractivity contribution in [1.82, 2.24) is 0 Å². The lowest BCUT2D eigenvalue weighted by Crippen LogP contribution is -1.99. The van der Waals surface area contributed by atoms with Gasteiger partial charge in [-0.1, -0.05) is 26.0 Å². The van der Waals surface area contributed by atoms with Gasteiger partial charge >= 0.3 is 0 Å². The van der Waals surface area contributed by atoms with Crippen molar-refractivity contribution in [3.63, 3.8) is 0 Å². The quantitative estimate of drug-likeness (QED) is 0.620. The number of ether oxygens (including phenoxy) is 1. The van der Waals surface area contributed by atoms with E-state index in [9.17, 15) is 0 Å². The Morgan fingerprint density at radius 3 is 2.61 bits per heavy atom. The molecule has 0 fully saturated rings. The van der Waals surface area contributed by atoms with Crippen molar-refractivity contribution >= 4 is 6.08 Å². The number of nitrogens with two attached hydrogens (primary N) is 1. The fourth-order valence-electron chi connectivity index (χ4n) is 1.87. The van der Waals surface area contributed by atoms with Crippen LogP contribution in [0.3, 0.4) is 0 Å². The predicted molar refractivity (Wildman–Crippen MR) is 75.6 cm³/mol. The first kappa shape index (κ1) is 14.7. The van der Waals surface area contributed by atoms with Gasteiger partial charge in [0.25, 0.3) is 0 Å². The summed E-state index contributed by atoms with van der Waals surface area (Å²) in [5.74, 6) is 6.40. The van der Waals surface area contributed by atoms with Crippen LogP contribution in [-0.2, 0) is 4.84 Å². The molecule has 0 radical (unpaired) electrons. The van der Waals surface area contributed by atoms with E-state index in [2.05, 4.69) is 49.9 Å². The molecule has 100 valence electrons. The van der Waals surface area contributed by atoms with Crippen molar-refractivity contribution in [2.75, 3.05) is 13.7 Å². The average Bonchev–Trinajstić information content (AvgIpc) is 2.35. The highest BCUT2D eigenvalue weighted by Crippen LogP contribution is 2.30. The summed E-state index contributed by atoms with van der Waals surface area (Å²) in [6.07, 6.45) is 5.00. The van der Waals surface area contributed by atoms with Gasteiger partial charge in [-0.2, -0.15) is 0 Å². The molecule has 0 saturated heterocycles. The van der Waals surface area contributed by atoms with E-state index >= 15 is 0 Å². The average molecular weight is 249 g/mol. The Morgan fingerprint density at radius 1 is 1.33 bits per heavy atom. The third-order valence-corrected chi connectivity index (χ3v) is 2.94. The van der Waals surface area contributed by atoms with Gasteiger partial charge in [0.15, 0.2) is 0 Å². The normalized spacial score (nSPS) is 11.4. The van der Waals surface area contributed by atoms with E-state index in [1.807, 2.05) is 0 Å². The predicted octanol–water partition coefficient (Wildman–Crippen LogP) is 3.42. The molecular weight excluding hydrogens is 226 g/mol. The molecule has 0 amide bonds. The SMILES string of the molecule is COc1cc(C)c(/C=C/CCON)cc1C(C)C. The minimum absolute atomic E-state index is 0.445. The van der Waals surface area contributed by atoms with Crippen LogP contribution in [0.4, 0.5) is 0 Å². The molecule has 18 heavy (non-hydrogen) atoms. The summed E-state index contributed by atoms with van der Waals surface area (Å²) in [6, 6.07) is 4.28. The Kier molecular flexibility index (Phi) is 5.89. The van der Waals surface area contributed by atoms with Crippen LogP contribution >= 0.6 is 0 Å². The van der Waals surface area contributed by atoms with Gasteiger partial charge in [-0.05, 0) is 48.1 Å². The molecule has 1 aromatic rings. The molecule has 3 nitrogen and oxygen atoms in total. The molecule has 0 aliphatic heterocycles. The summed E-state index contributed by atoms with van der Waals surface area (Å²) in [6.45, 7) is 6.97. The summed E-state index contributed by atoms with van der Waals surface area (Å²) in [4.78, 5) is 4.54. The Morgan fingerprint density at radius 2 is 2.06 bits per heavy atom. The van der Waals surface area contributed by atoms with Gasteiger partial charge in [-0.3, -0.25) is 0 Å². The van der Waals surface area contributed by atoms with Gasteiger partial charge in [-0.25, -0.2) is 5.90 Å². The summed E-state index contributed by atoms with van der Waals surface area (Å²) in [5, 5.41) is 0. The van der Waals surface area contributed by atoms with Crippen LogP contribution in [-0.4, -0.2) is 13.7 Å². The molecule has 1 rings (SSSR count). The van der Waals surface area contributed by atoms with E-state index in [4.69, 9.17) is 10.6 Å². The van der Waals surface area contributed by atoms with Crippen LogP contribution in [0.25, 0.3) is 6.08 Å². The van der Waals surface area contributed by atoms with Crippen molar-refractivity contribution in [2.24, 2.45) is 5.90 Å². The fraction of sp³-hybridized carbons (Fsp3) is 0.467. The zero-order chi connectivity index (χ0) is 13.5. The monoisotopic (exact) mass is 249 g/mol. The van der Waals surface area contributed by atoms with Gasteiger partial charge in [-0.15, -0.1) is 0 Å². The summed E-state index contributed by atoms with van der Waals surface area (Å²) in [7, 11) is 1.72. The molecule has 1 aromatic carbocycles. The molecular formula is C15H23NO2. The summed E-state index contributed by atoms with van der Waals surface area (Å²) < 4.78 is 5.42. The van der Waals surface area contributed by atoms with Crippen molar-refractivity contribution in [3.05, 3.63) is 34.9 Å². The van der Waals surface area contributed by atoms with E-state index in [0.29, 0.717) is 12.5 Å². The second-order valence-electron chi connectivity index (χ2n) is 4.67. The van der Waals surface area contributed by atoms with Crippen molar-refractivity contribution < 1.29 is 9.57 Å². The van der Waals surface area contributed by atoms with E-state index in [-0.39, 0.29) is 0 Å².